The summed E-state index contributed by atoms with van der Waals surface area (Å²) in [5.74, 6) is 0.356. The lowest BCUT2D eigenvalue weighted by Gasteiger charge is -2.41. The van der Waals surface area contributed by atoms with Crippen LogP contribution in [0.3, 0.4) is 0 Å². The molecule has 1 saturated heterocycles. The van der Waals surface area contributed by atoms with Gasteiger partial charge in [-0.15, -0.1) is 0 Å². The van der Waals surface area contributed by atoms with E-state index < -0.39 is 29.7 Å². The van der Waals surface area contributed by atoms with Crippen LogP contribution in [-0.4, -0.2) is 29.2 Å². The lowest BCUT2D eigenvalue weighted by Crippen LogP contribution is -2.43. The maximum Gasteiger partial charge on any atom is 0.416 e. The van der Waals surface area contributed by atoms with Crippen LogP contribution in [-0.2, 0) is 12.7 Å². The molecule has 2 bridgehead atoms. The molecule has 2 fully saturated rings. The number of benzene rings is 3. The average molecular weight is 527 g/mol. The van der Waals surface area contributed by atoms with Gasteiger partial charge in [0.15, 0.2) is 0 Å². The first-order valence-corrected chi connectivity index (χ1v) is 12.9. The number of halogens is 4. The van der Waals surface area contributed by atoms with Crippen LogP contribution in [0.2, 0.25) is 0 Å². The second-order valence-corrected chi connectivity index (χ2v) is 10.4. The van der Waals surface area contributed by atoms with Crippen LogP contribution >= 0.6 is 0 Å². The number of likely N-dealkylation sites (tertiary alicyclic amines) is 1. The highest BCUT2D eigenvalue weighted by Gasteiger charge is 2.44. The number of rotatable bonds is 7. The molecule has 4 nitrogen and oxygen atoms in total. The van der Waals surface area contributed by atoms with Gasteiger partial charge in [0.1, 0.15) is 5.82 Å². The minimum absolute atomic E-state index is 0.163. The number of carboxylic acid groups (broad SMARTS) is 1. The minimum atomic E-state index is -4.49. The SMILES string of the molecule is O=C(O)N(c1cccc(F)c1)C(CC1C2CCC1CN(Cc1ccccc1)C2)c1ccc(C(F)(F)F)cc1. The van der Waals surface area contributed by atoms with Crippen LogP contribution in [0.25, 0.3) is 0 Å². The summed E-state index contributed by atoms with van der Waals surface area (Å²) in [6.45, 7) is 2.64. The normalized spacial score (nSPS) is 22.3. The number of hydrogen-bond acceptors (Lipinski definition) is 2. The highest BCUT2D eigenvalue weighted by Crippen LogP contribution is 2.48. The van der Waals surface area contributed by atoms with E-state index in [1.165, 1.54) is 35.9 Å². The van der Waals surface area contributed by atoms with Gasteiger partial charge in [-0.2, -0.15) is 13.2 Å². The lowest BCUT2D eigenvalue weighted by molar-refractivity contribution is -0.137. The smallest absolute Gasteiger partial charge is 0.416 e. The number of anilines is 1. The molecule has 200 valence electrons. The van der Waals surface area contributed by atoms with Crippen LogP contribution in [0.5, 0.6) is 0 Å². The van der Waals surface area contributed by atoms with E-state index in [1.54, 1.807) is 0 Å². The molecule has 0 aromatic heterocycles. The molecule has 8 heteroatoms. The van der Waals surface area contributed by atoms with Gasteiger partial charge in [-0.3, -0.25) is 9.80 Å². The van der Waals surface area contributed by atoms with Crippen LogP contribution in [0.1, 0.15) is 42.0 Å². The Balaban J connectivity index is 1.43. The second kappa shape index (κ2) is 10.8. The largest absolute Gasteiger partial charge is 0.465 e. The fourth-order valence-corrected chi connectivity index (χ4v) is 6.38. The molecule has 38 heavy (non-hydrogen) atoms. The van der Waals surface area contributed by atoms with Crippen molar-refractivity contribution in [1.29, 1.82) is 0 Å². The van der Waals surface area contributed by atoms with E-state index >= 15 is 0 Å². The van der Waals surface area contributed by atoms with E-state index in [1.807, 2.05) is 18.2 Å². The van der Waals surface area contributed by atoms with Gasteiger partial charge in [0.25, 0.3) is 0 Å². The molecule has 0 spiro atoms. The molecule has 3 aromatic rings. The van der Waals surface area contributed by atoms with E-state index in [0.29, 0.717) is 23.8 Å². The third kappa shape index (κ3) is 5.70. The molecule has 3 atom stereocenters. The van der Waals surface area contributed by atoms with Crippen molar-refractivity contribution < 1.29 is 27.5 Å². The number of carbonyl (C=O) groups is 1. The lowest BCUT2D eigenvalue weighted by atomic mass is 9.78. The number of alkyl halides is 3. The molecule has 0 radical (unpaired) electrons. The summed E-state index contributed by atoms with van der Waals surface area (Å²) >= 11 is 0. The Bertz CT molecular complexity index is 1240. The van der Waals surface area contributed by atoms with Gasteiger partial charge in [0.05, 0.1) is 17.3 Å². The first-order chi connectivity index (χ1) is 18.2. The van der Waals surface area contributed by atoms with Gasteiger partial charge in [-0.25, -0.2) is 9.18 Å². The molecular weight excluding hydrogens is 496 g/mol. The first-order valence-electron chi connectivity index (χ1n) is 12.9. The van der Waals surface area contributed by atoms with Crippen LogP contribution in [0.4, 0.5) is 28.0 Å². The van der Waals surface area contributed by atoms with Crippen molar-refractivity contribution in [2.24, 2.45) is 17.8 Å². The second-order valence-electron chi connectivity index (χ2n) is 10.4. The Labute approximate surface area is 219 Å². The van der Waals surface area contributed by atoms with Crippen molar-refractivity contribution in [1.82, 2.24) is 4.90 Å². The molecular formula is C30H30F4N2O2. The summed E-state index contributed by atoms with van der Waals surface area (Å²) in [5, 5.41) is 10.2. The number of piperidine rings is 1. The molecule has 5 rings (SSSR count). The highest BCUT2D eigenvalue weighted by molar-refractivity contribution is 5.87. The van der Waals surface area contributed by atoms with Gasteiger partial charge in [-0.1, -0.05) is 48.5 Å². The van der Waals surface area contributed by atoms with Crippen molar-refractivity contribution in [3.8, 4) is 0 Å². The molecule has 1 aliphatic carbocycles. The number of hydrogen-bond donors (Lipinski definition) is 1. The Hall–Kier alpha value is -3.39. The van der Waals surface area contributed by atoms with Gasteiger partial charge in [0.2, 0.25) is 0 Å². The van der Waals surface area contributed by atoms with Gasteiger partial charge in [0, 0.05) is 19.6 Å². The molecule has 1 aliphatic heterocycles. The van der Waals surface area contributed by atoms with E-state index in [0.717, 1.165) is 55.6 Å². The number of nitrogens with zero attached hydrogens (tertiary/aromatic N) is 2. The quantitative estimate of drug-likeness (QED) is 0.322. The Kier molecular flexibility index (Phi) is 7.43. The molecule has 1 saturated carbocycles. The maximum atomic E-state index is 14.1. The summed E-state index contributed by atoms with van der Waals surface area (Å²) < 4.78 is 53.8. The summed E-state index contributed by atoms with van der Waals surface area (Å²) in [6.07, 6.45) is -3.23. The zero-order chi connectivity index (χ0) is 26.9. The average Bonchev–Trinajstić information content (AvgIpc) is 3.11. The van der Waals surface area contributed by atoms with E-state index in [-0.39, 0.29) is 11.6 Å². The highest BCUT2D eigenvalue weighted by atomic mass is 19.4. The topological polar surface area (TPSA) is 43.8 Å². The van der Waals surface area contributed by atoms with Gasteiger partial charge in [-0.05, 0) is 78.5 Å². The van der Waals surface area contributed by atoms with Crippen molar-refractivity contribution in [2.75, 3.05) is 18.0 Å². The summed E-state index contributed by atoms with van der Waals surface area (Å²) in [5.41, 5.74) is 1.09. The fraction of sp³-hybridized carbons (Fsp3) is 0.367. The van der Waals surface area contributed by atoms with Gasteiger partial charge < -0.3 is 5.11 Å². The van der Waals surface area contributed by atoms with Crippen molar-refractivity contribution in [3.05, 3.63) is 101 Å². The molecule has 3 unspecified atom stereocenters. The van der Waals surface area contributed by atoms with Crippen molar-refractivity contribution in [3.63, 3.8) is 0 Å². The third-order valence-corrected chi connectivity index (χ3v) is 8.08. The molecule has 3 aromatic carbocycles. The maximum absolute atomic E-state index is 14.1. The van der Waals surface area contributed by atoms with E-state index in [2.05, 4.69) is 17.0 Å². The Morgan fingerprint density at radius 2 is 1.61 bits per heavy atom. The van der Waals surface area contributed by atoms with Crippen LogP contribution < -0.4 is 4.90 Å². The fourth-order valence-electron chi connectivity index (χ4n) is 6.38. The first kappa shape index (κ1) is 26.2. The van der Waals surface area contributed by atoms with Crippen molar-refractivity contribution in [2.45, 2.75) is 38.0 Å². The standard InChI is InChI=1S/C30H30F4N2O2/c31-25-7-4-8-26(15-25)36(29(37)38)28(21-11-13-24(14-12-21)30(32,33)34)16-27-22-9-10-23(27)19-35(18-22)17-20-5-2-1-3-6-20/h1-8,11-15,22-23,27-28H,9-10,16-19H2,(H,37,38). The molecule has 1 amide bonds. The summed E-state index contributed by atoms with van der Waals surface area (Å²) in [4.78, 5) is 16.1. The minimum Gasteiger partial charge on any atom is -0.465 e. The van der Waals surface area contributed by atoms with Crippen molar-refractivity contribution >= 4 is 11.8 Å². The monoisotopic (exact) mass is 526 g/mol. The number of amides is 1. The zero-order valence-corrected chi connectivity index (χ0v) is 20.8. The van der Waals surface area contributed by atoms with Gasteiger partial charge >= 0.3 is 12.3 Å². The molecule has 1 heterocycles. The summed E-state index contributed by atoms with van der Waals surface area (Å²) in [6, 6.07) is 19.6. The third-order valence-electron chi connectivity index (χ3n) is 8.08. The molecule has 1 N–H and O–H groups in total. The van der Waals surface area contributed by atoms with Crippen LogP contribution in [0, 0.1) is 23.6 Å². The Morgan fingerprint density at radius 1 is 0.947 bits per heavy atom. The van der Waals surface area contributed by atoms with Crippen LogP contribution in [0.15, 0.2) is 78.9 Å². The van der Waals surface area contributed by atoms with E-state index in [4.69, 9.17) is 0 Å². The van der Waals surface area contributed by atoms with E-state index in [9.17, 15) is 27.5 Å². The zero-order valence-electron chi connectivity index (χ0n) is 20.8. The predicted molar refractivity (Wildman–Crippen MR) is 137 cm³/mol. The molecule has 2 aliphatic rings. The Morgan fingerprint density at radius 3 is 2.18 bits per heavy atom. The predicted octanol–water partition coefficient (Wildman–Crippen LogP) is 7.62. The summed E-state index contributed by atoms with van der Waals surface area (Å²) in [7, 11) is 0. The number of fused-ring (bicyclic) bond motifs is 2.